The number of hydrogen-bond donors (Lipinski definition) is 1. The standard InChI is InChI=1S/C8H18N2O2S/c9-8-3-1-4-10(7-8)5-2-6-13(11)12/h8H,1-7,9H2,(H,11,12)/p-1. The lowest BCUT2D eigenvalue weighted by Crippen LogP contribution is -2.43. The molecule has 78 valence electrons. The molecule has 0 spiro atoms. The highest BCUT2D eigenvalue weighted by Gasteiger charge is 2.15. The van der Waals surface area contributed by atoms with Gasteiger partial charge in [-0.3, -0.25) is 4.21 Å². The van der Waals surface area contributed by atoms with Crippen LogP contribution in [-0.2, 0) is 11.1 Å². The third kappa shape index (κ3) is 4.71. The Morgan fingerprint density at radius 1 is 1.62 bits per heavy atom. The van der Waals surface area contributed by atoms with E-state index >= 15 is 0 Å². The van der Waals surface area contributed by atoms with E-state index in [1.54, 1.807) is 0 Å². The van der Waals surface area contributed by atoms with E-state index in [0.29, 0.717) is 0 Å². The molecule has 2 N–H and O–H groups in total. The van der Waals surface area contributed by atoms with Crippen molar-refractivity contribution in [2.24, 2.45) is 5.73 Å². The summed E-state index contributed by atoms with van der Waals surface area (Å²) in [6.07, 6.45) is 2.97. The molecule has 1 aliphatic heterocycles. The van der Waals surface area contributed by atoms with Gasteiger partial charge >= 0.3 is 0 Å². The van der Waals surface area contributed by atoms with E-state index in [0.717, 1.165) is 38.9 Å². The van der Waals surface area contributed by atoms with Gasteiger partial charge in [-0.05, 0) is 32.4 Å². The van der Waals surface area contributed by atoms with Crippen molar-refractivity contribution >= 4 is 11.1 Å². The average molecular weight is 205 g/mol. The number of nitrogens with two attached hydrogens (primary N) is 1. The van der Waals surface area contributed by atoms with Crippen LogP contribution in [0.2, 0.25) is 0 Å². The van der Waals surface area contributed by atoms with Crippen LogP contribution in [0.4, 0.5) is 0 Å². The van der Waals surface area contributed by atoms with Crippen LogP contribution in [0.3, 0.4) is 0 Å². The van der Waals surface area contributed by atoms with Gasteiger partial charge in [-0.15, -0.1) is 0 Å². The zero-order valence-electron chi connectivity index (χ0n) is 7.78. The van der Waals surface area contributed by atoms with Crippen LogP contribution in [-0.4, -0.2) is 45.1 Å². The SMILES string of the molecule is NC1CCCN(CCCS(=O)[O-])C1. The fraction of sp³-hybridized carbons (Fsp3) is 1.00. The first-order valence-electron chi connectivity index (χ1n) is 4.72. The number of likely N-dealkylation sites (tertiary alicyclic amines) is 1. The van der Waals surface area contributed by atoms with Crippen LogP contribution in [0.5, 0.6) is 0 Å². The summed E-state index contributed by atoms with van der Waals surface area (Å²) in [6.45, 7) is 2.85. The molecule has 0 bridgehead atoms. The Bertz CT molecular complexity index is 178. The third-order valence-corrected chi connectivity index (χ3v) is 2.95. The summed E-state index contributed by atoms with van der Waals surface area (Å²) in [5.74, 6) is 0.270. The fourth-order valence-corrected chi connectivity index (χ4v) is 2.07. The minimum Gasteiger partial charge on any atom is -0.772 e. The molecule has 1 fully saturated rings. The van der Waals surface area contributed by atoms with Crippen LogP contribution in [0.1, 0.15) is 19.3 Å². The van der Waals surface area contributed by atoms with Crippen LogP contribution < -0.4 is 5.73 Å². The van der Waals surface area contributed by atoms with E-state index in [1.807, 2.05) is 0 Å². The van der Waals surface area contributed by atoms with Gasteiger partial charge in [0.1, 0.15) is 0 Å². The molecule has 0 aliphatic carbocycles. The Labute approximate surface area is 81.8 Å². The summed E-state index contributed by atoms with van der Waals surface area (Å²) in [5, 5.41) is 0. The maximum atomic E-state index is 10.3. The molecule has 1 saturated heterocycles. The second kappa shape index (κ2) is 5.70. The lowest BCUT2D eigenvalue weighted by Gasteiger charge is -2.30. The Morgan fingerprint density at radius 3 is 3.00 bits per heavy atom. The Hall–Kier alpha value is 0.0300. The molecule has 0 amide bonds. The smallest absolute Gasteiger partial charge is 0.0168 e. The van der Waals surface area contributed by atoms with Crippen molar-refractivity contribution in [2.45, 2.75) is 25.3 Å². The Morgan fingerprint density at radius 2 is 2.38 bits per heavy atom. The molecule has 0 radical (unpaired) electrons. The molecule has 1 aliphatic rings. The van der Waals surface area contributed by atoms with Crippen molar-refractivity contribution in [1.29, 1.82) is 0 Å². The molecule has 1 heterocycles. The molecule has 5 heteroatoms. The highest BCUT2D eigenvalue weighted by Crippen LogP contribution is 2.08. The summed E-state index contributed by atoms with van der Waals surface area (Å²) in [4.78, 5) is 2.25. The van der Waals surface area contributed by atoms with E-state index in [-0.39, 0.29) is 11.8 Å². The van der Waals surface area contributed by atoms with Crippen LogP contribution >= 0.6 is 0 Å². The highest BCUT2D eigenvalue weighted by molar-refractivity contribution is 7.79. The van der Waals surface area contributed by atoms with Crippen LogP contribution in [0, 0.1) is 0 Å². The quantitative estimate of drug-likeness (QED) is 0.639. The minimum absolute atomic E-state index is 0.270. The molecule has 4 nitrogen and oxygen atoms in total. The van der Waals surface area contributed by atoms with E-state index in [4.69, 9.17) is 5.73 Å². The molecule has 0 aromatic heterocycles. The van der Waals surface area contributed by atoms with Crippen LogP contribution in [0.15, 0.2) is 0 Å². The second-order valence-corrected chi connectivity index (χ2v) is 4.58. The predicted molar refractivity (Wildman–Crippen MR) is 52.1 cm³/mol. The van der Waals surface area contributed by atoms with Gasteiger partial charge in [0.2, 0.25) is 0 Å². The molecular formula is C8H17N2O2S-. The normalized spacial score (nSPS) is 27.4. The van der Waals surface area contributed by atoms with Crippen molar-refractivity contribution in [3.05, 3.63) is 0 Å². The van der Waals surface area contributed by atoms with Gasteiger partial charge in [0.25, 0.3) is 0 Å². The number of hydrogen-bond acceptors (Lipinski definition) is 4. The molecule has 0 aromatic carbocycles. The molecule has 0 aromatic rings. The monoisotopic (exact) mass is 205 g/mol. The zero-order chi connectivity index (χ0) is 9.68. The van der Waals surface area contributed by atoms with Gasteiger partial charge < -0.3 is 15.2 Å². The van der Waals surface area contributed by atoms with Crippen molar-refractivity contribution in [2.75, 3.05) is 25.4 Å². The van der Waals surface area contributed by atoms with Gasteiger partial charge in [0, 0.05) is 18.3 Å². The van der Waals surface area contributed by atoms with Gasteiger partial charge in [-0.2, -0.15) is 0 Å². The van der Waals surface area contributed by atoms with Crippen molar-refractivity contribution < 1.29 is 8.76 Å². The zero-order valence-corrected chi connectivity index (χ0v) is 8.59. The molecule has 2 atom stereocenters. The van der Waals surface area contributed by atoms with Crippen molar-refractivity contribution in [3.8, 4) is 0 Å². The molecule has 2 unspecified atom stereocenters. The second-order valence-electron chi connectivity index (χ2n) is 3.56. The third-order valence-electron chi connectivity index (χ3n) is 2.33. The van der Waals surface area contributed by atoms with Gasteiger partial charge in [-0.1, -0.05) is 11.1 Å². The predicted octanol–water partition coefficient (Wildman–Crippen LogP) is -0.321. The van der Waals surface area contributed by atoms with Gasteiger partial charge in [-0.25, -0.2) is 0 Å². The first-order valence-corrected chi connectivity index (χ1v) is 5.96. The Balaban J connectivity index is 2.10. The number of piperidine rings is 1. The van der Waals surface area contributed by atoms with Crippen LogP contribution in [0.25, 0.3) is 0 Å². The maximum absolute atomic E-state index is 10.3. The largest absolute Gasteiger partial charge is 0.772 e. The topological polar surface area (TPSA) is 69.4 Å². The minimum atomic E-state index is -1.89. The summed E-state index contributed by atoms with van der Waals surface area (Å²) in [6, 6.07) is 0.284. The summed E-state index contributed by atoms with van der Waals surface area (Å²) >= 11 is -1.89. The number of nitrogens with zero attached hydrogens (tertiary/aromatic N) is 1. The molecule has 1 rings (SSSR count). The molecule has 0 saturated carbocycles. The average Bonchev–Trinajstić information content (AvgIpc) is 2.03. The highest BCUT2D eigenvalue weighted by atomic mass is 32.2. The lowest BCUT2D eigenvalue weighted by atomic mass is 10.1. The first-order chi connectivity index (χ1) is 6.18. The fourth-order valence-electron chi connectivity index (χ4n) is 1.70. The molecular weight excluding hydrogens is 188 g/mol. The Kier molecular flexibility index (Phi) is 4.87. The van der Waals surface area contributed by atoms with E-state index in [1.165, 1.54) is 0 Å². The van der Waals surface area contributed by atoms with E-state index in [2.05, 4.69) is 4.90 Å². The van der Waals surface area contributed by atoms with Gasteiger partial charge in [0.05, 0.1) is 0 Å². The van der Waals surface area contributed by atoms with E-state index in [9.17, 15) is 8.76 Å². The lowest BCUT2D eigenvalue weighted by molar-refractivity contribution is 0.210. The first kappa shape index (κ1) is 11.1. The van der Waals surface area contributed by atoms with E-state index < -0.39 is 11.1 Å². The summed E-state index contributed by atoms with van der Waals surface area (Å²) in [5.41, 5.74) is 5.79. The summed E-state index contributed by atoms with van der Waals surface area (Å²) < 4.78 is 20.5. The van der Waals surface area contributed by atoms with Gasteiger partial charge in [0.15, 0.2) is 0 Å². The van der Waals surface area contributed by atoms with Crippen molar-refractivity contribution in [3.63, 3.8) is 0 Å². The summed E-state index contributed by atoms with van der Waals surface area (Å²) in [7, 11) is 0. The van der Waals surface area contributed by atoms with Crippen molar-refractivity contribution in [1.82, 2.24) is 4.90 Å². The maximum Gasteiger partial charge on any atom is 0.0168 e. The number of rotatable bonds is 4. The molecule has 13 heavy (non-hydrogen) atoms.